The number of nitrogens with one attached hydrogen (secondary N) is 1. The Bertz CT molecular complexity index is 968. The lowest BCUT2D eigenvalue weighted by Crippen LogP contribution is -2.13. The molecule has 128 valence electrons. The van der Waals surface area contributed by atoms with Gasteiger partial charge in [0, 0.05) is 17.2 Å². The van der Waals surface area contributed by atoms with Crippen LogP contribution in [-0.4, -0.2) is 22.4 Å². The van der Waals surface area contributed by atoms with Crippen molar-refractivity contribution < 1.29 is 9.53 Å². The van der Waals surface area contributed by atoms with E-state index in [0.29, 0.717) is 38.7 Å². The van der Waals surface area contributed by atoms with Gasteiger partial charge in [0.15, 0.2) is 5.65 Å². The monoisotopic (exact) mass is 419 g/mol. The number of carbonyl (C=O) groups is 1. The third-order valence-electron chi connectivity index (χ3n) is 3.73. The van der Waals surface area contributed by atoms with Gasteiger partial charge in [0.2, 0.25) is 0 Å². The number of methoxy groups -OCH3 is 1. The first kappa shape index (κ1) is 17.5. The van der Waals surface area contributed by atoms with Gasteiger partial charge in [0.1, 0.15) is 11.5 Å². The molecule has 1 amide bonds. The Morgan fingerprint density at radius 1 is 1.40 bits per heavy atom. The van der Waals surface area contributed by atoms with Gasteiger partial charge in [-0.15, -0.1) is 0 Å². The fourth-order valence-corrected chi connectivity index (χ4v) is 3.04. The van der Waals surface area contributed by atoms with Crippen LogP contribution in [0.1, 0.15) is 21.7 Å². The third kappa shape index (κ3) is 3.41. The van der Waals surface area contributed by atoms with Crippen molar-refractivity contribution in [3.05, 3.63) is 71.1 Å². The van der Waals surface area contributed by atoms with Crippen molar-refractivity contribution >= 4 is 50.5 Å². The van der Waals surface area contributed by atoms with E-state index in [1.165, 1.54) is 7.11 Å². The number of halogens is 2. The van der Waals surface area contributed by atoms with Gasteiger partial charge < -0.3 is 14.5 Å². The van der Waals surface area contributed by atoms with Crippen molar-refractivity contribution in [2.45, 2.75) is 5.33 Å². The third-order valence-corrected chi connectivity index (χ3v) is 4.64. The van der Waals surface area contributed by atoms with E-state index < -0.39 is 0 Å². The summed E-state index contributed by atoms with van der Waals surface area (Å²) in [6.45, 7) is 3.84. The van der Waals surface area contributed by atoms with Gasteiger partial charge >= 0.3 is 0 Å². The number of alkyl halides is 1. The first-order chi connectivity index (χ1) is 12.0. The van der Waals surface area contributed by atoms with Crippen molar-refractivity contribution in [2.75, 3.05) is 12.4 Å². The molecule has 3 aromatic rings. The molecule has 2 aromatic heterocycles. The molecule has 1 N–H and O–H groups in total. The maximum Gasteiger partial charge on any atom is 0.259 e. The Morgan fingerprint density at radius 2 is 2.16 bits per heavy atom. The number of para-hydroxylation sites is 1. The number of aromatic nitrogens is 2. The van der Waals surface area contributed by atoms with Gasteiger partial charge in [0.05, 0.1) is 23.4 Å². The molecule has 5 nitrogen and oxygen atoms in total. The summed E-state index contributed by atoms with van der Waals surface area (Å²) in [7, 11) is 1.53. The standard InChI is InChI=1S/C18H15BrClN3O2/c1-11(25-2)16-9-12(10-19)23-8-7-13(17(23)21-16)18(24)22-15-6-4-3-5-14(15)20/h3-9H,1,10H2,2H3,(H,22,24). The molecule has 25 heavy (non-hydrogen) atoms. The molecule has 0 atom stereocenters. The second-order valence-electron chi connectivity index (χ2n) is 5.25. The number of anilines is 1. The van der Waals surface area contributed by atoms with Crippen LogP contribution in [0.4, 0.5) is 5.69 Å². The van der Waals surface area contributed by atoms with Crippen molar-refractivity contribution in [3.63, 3.8) is 0 Å². The van der Waals surface area contributed by atoms with Crippen LogP contribution in [0.15, 0.2) is 49.2 Å². The Labute approximate surface area is 158 Å². The van der Waals surface area contributed by atoms with E-state index in [1.54, 1.807) is 36.5 Å². The Morgan fingerprint density at radius 3 is 2.84 bits per heavy atom. The summed E-state index contributed by atoms with van der Waals surface area (Å²) in [6, 6.07) is 10.7. The highest BCUT2D eigenvalue weighted by Crippen LogP contribution is 2.24. The summed E-state index contributed by atoms with van der Waals surface area (Å²) in [5.41, 5.74) is 3.01. The van der Waals surface area contributed by atoms with Crippen molar-refractivity contribution in [1.82, 2.24) is 9.38 Å². The van der Waals surface area contributed by atoms with Crippen LogP contribution in [0, 0.1) is 0 Å². The molecule has 0 aliphatic carbocycles. The van der Waals surface area contributed by atoms with Crippen LogP contribution in [0.2, 0.25) is 5.02 Å². The van der Waals surface area contributed by atoms with E-state index in [2.05, 4.69) is 32.8 Å². The fourth-order valence-electron chi connectivity index (χ4n) is 2.42. The number of carbonyl (C=O) groups excluding carboxylic acids is 1. The minimum Gasteiger partial charge on any atom is -0.495 e. The summed E-state index contributed by atoms with van der Waals surface area (Å²) >= 11 is 9.57. The molecular weight excluding hydrogens is 406 g/mol. The minimum absolute atomic E-state index is 0.288. The minimum atomic E-state index is -0.288. The van der Waals surface area contributed by atoms with Gasteiger partial charge in [-0.1, -0.05) is 46.2 Å². The van der Waals surface area contributed by atoms with Gasteiger partial charge in [-0.3, -0.25) is 4.79 Å². The van der Waals surface area contributed by atoms with E-state index in [-0.39, 0.29) is 5.91 Å². The zero-order valence-corrected chi connectivity index (χ0v) is 15.8. The molecule has 3 rings (SSSR count). The van der Waals surface area contributed by atoms with E-state index >= 15 is 0 Å². The van der Waals surface area contributed by atoms with Crippen LogP contribution in [-0.2, 0) is 10.1 Å². The summed E-state index contributed by atoms with van der Waals surface area (Å²) in [4.78, 5) is 17.2. The second kappa shape index (κ2) is 7.29. The zero-order chi connectivity index (χ0) is 18.0. The number of ether oxygens (including phenoxy) is 1. The Kier molecular flexibility index (Phi) is 5.11. The first-order valence-electron chi connectivity index (χ1n) is 7.41. The Balaban J connectivity index is 2.05. The van der Waals surface area contributed by atoms with Gasteiger partial charge in [-0.05, 0) is 24.3 Å². The summed E-state index contributed by atoms with van der Waals surface area (Å²) in [5.74, 6) is 0.146. The lowest BCUT2D eigenvalue weighted by molar-refractivity contribution is 0.102. The molecule has 7 heteroatoms. The molecule has 0 fully saturated rings. The molecule has 0 unspecified atom stereocenters. The molecule has 0 aliphatic rings. The predicted octanol–water partition coefficient (Wildman–Crippen LogP) is 4.75. The highest BCUT2D eigenvalue weighted by Gasteiger charge is 2.17. The zero-order valence-electron chi connectivity index (χ0n) is 13.4. The fraction of sp³-hybridized carbons (Fsp3) is 0.111. The van der Waals surface area contributed by atoms with Crippen LogP contribution in [0.5, 0.6) is 0 Å². The molecule has 0 radical (unpaired) electrons. The average Bonchev–Trinajstić information content (AvgIpc) is 3.06. The van der Waals surface area contributed by atoms with Gasteiger partial charge in [-0.2, -0.15) is 0 Å². The van der Waals surface area contributed by atoms with E-state index in [9.17, 15) is 4.79 Å². The SMILES string of the molecule is C=C(OC)c1cc(CBr)n2ccc(C(=O)Nc3ccccc3Cl)c2n1. The lowest BCUT2D eigenvalue weighted by Gasteiger charge is -2.10. The molecule has 1 aromatic carbocycles. The van der Waals surface area contributed by atoms with Crippen LogP contribution >= 0.6 is 27.5 Å². The second-order valence-corrected chi connectivity index (χ2v) is 6.22. The van der Waals surface area contributed by atoms with Crippen molar-refractivity contribution in [1.29, 1.82) is 0 Å². The molecule has 0 spiro atoms. The maximum absolute atomic E-state index is 12.7. The van der Waals surface area contributed by atoms with Gasteiger partial charge in [0.25, 0.3) is 5.91 Å². The molecule has 0 aliphatic heterocycles. The normalized spacial score (nSPS) is 10.7. The highest BCUT2D eigenvalue weighted by molar-refractivity contribution is 9.08. The summed E-state index contributed by atoms with van der Waals surface area (Å²) in [5, 5.41) is 3.88. The number of fused-ring (bicyclic) bond motifs is 1. The average molecular weight is 421 g/mol. The number of benzene rings is 1. The topological polar surface area (TPSA) is 55.6 Å². The summed E-state index contributed by atoms with van der Waals surface area (Å²) < 4.78 is 7.02. The van der Waals surface area contributed by atoms with Gasteiger partial charge in [-0.25, -0.2) is 4.98 Å². The number of hydrogen-bond donors (Lipinski definition) is 1. The molecular formula is C18H15BrClN3O2. The highest BCUT2D eigenvalue weighted by atomic mass is 79.9. The lowest BCUT2D eigenvalue weighted by atomic mass is 10.2. The maximum atomic E-state index is 12.7. The van der Waals surface area contributed by atoms with Crippen LogP contribution in [0.25, 0.3) is 11.4 Å². The molecule has 0 saturated heterocycles. The number of rotatable bonds is 5. The van der Waals surface area contributed by atoms with Crippen LogP contribution in [0.3, 0.4) is 0 Å². The largest absolute Gasteiger partial charge is 0.495 e. The quantitative estimate of drug-likeness (QED) is 0.478. The predicted molar refractivity (Wildman–Crippen MR) is 103 cm³/mol. The molecule has 0 bridgehead atoms. The Hall–Kier alpha value is -2.31. The van der Waals surface area contributed by atoms with E-state index in [0.717, 1.165) is 5.69 Å². The van der Waals surface area contributed by atoms with E-state index in [1.807, 2.05) is 10.5 Å². The first-order valence-corrected chi connectivity index (χ1v) is 8.91. The van der Waals surface area contributed by atoms with E-state index in [4.69, 9.17) is 16.3 Å². The molecule has 2 heterocycles. The van der Waals surface area contributed by atoms with Crippen molar-refractivity contribution in [2.24, 2.45) is 0 Å². The van der Waals surface area contributed by atoms with Crippen molar-refractivity contribution in [3.8, 4) is 0 Å². The number of amides is 1. The molecule has 0 saturated carbocycles. The number of hydrogen-bond acceptors (Lipinski definition) is 3. The van der Waals surface area contributed by atoms with Crippen LogP contribution < -0.4 is 5.32 Å². The number of nitrogens with zero attached hydrogens (tertiary/aromatic N) is 2. The summed E-state index contributed by atoms with van der Waals surface area (Å²) in [6.07, 6.45) is 1.81. The smallest absolute Gasteiger partial charge is 0.259 e.